The molecule has 20 heavy (non-hydrogen) atoms. The van der Waals surface area contributed by atoms with Gasteiger partial charge in [-0.1, -0.05) is 6.92 Å². The van der Waals surface area contributed by atoms with Gasteiger partial charge in [-0.25, -0.2) is 0 Å². The van der Waals surface area contributed by atoms with Gasteiger partial charge < -0.3 is 15.0 Å². The Morgan fingerprint density at radius 2 is 2.35 bits per heavy atom. The molecule has 1 N–H and O–H groups in total. The summed E-state index contributed by atoms with van der Waals surface area (Å²) >= 11 is 0. The Balaban J connectivity index is 1.74. The van der Waals surface area contributed by atoms with Crippen molar-refractivity contribution in [2.24, 2.45) is 0 Å². The number of nitrogens with one attached hydrogen (secondary N) is 1. The average Bonchev–Trinajstić information content (AvgIpc) is 2.90. The predicted molar refractivity (Wildman–Crippen MR) is 75.9 cm³/mol. The molecule has 1 atom stereocenters. The molecule has 0 aromatic carbocycles. The topological polar surface area (TPSA) is 58.6 Å². The van der Waals surface area contributed by atoms with Gasteiger partial charge in [0.15, 0.2) is 5.76 Å². The van der Waals surface area contributed by atoms with Crippen LogP contribution in [0.1, 0.15) is 45.4 Å². The van der Waals surface area contributed by atoms with Crippen LogP contribution in [0.5, 0.6) is 0 Å². The fourth-order valence-corrected chi connectivity index (χ4v) is 2.79. The van der Waals surface area contributed by atoms with Crippen LogP contribution in [-0.2, 0) is 14.3 Å². The Hall–Kier alpha value is -1.52. The van der Waals surface area contributed by atoms with E-state index in [4.69, 9.17) is 4.74 Å². The van der Waals surface area contributed by atoms with Crippen LogP contribution in [0.3, 0.4) is 0 Å². The third-order valence-electron chi connectivity index (χ3n) is 3.94. The van der Waals surface area contributed by atoms with Crippen LogP contribution < -0.4 is 5.32 Å². The molecular weight excluding hydrogens is 256 g/mol. The standard InChI is InChI=1S/C15H24N2O3/c1-2-12(17-10-5-7-14(17)18)8-9-16-15(19)13-6-3-4-11-20-13/h6,12H,2-5,7-11H2,1H3,(H,16,19)/t12-/m1/s1. The van der Waals surface area contributed by atoms with Crippen molar-refractivity contribution in [2.75, 3.05) is 19.7 Å². The lowest BCUT2D eigenvalue weighted by Gasteiger charge is -2.27. The minimum atomic E-state index is -0.132. The SMILES string of the molecule is CC[C@H](CCNC(=O)C1=CCCCO1)N1CCCC1=O. The van der Waals surface area contributed by atoms with Gasteiger partial charge in [0, 0.05) is 25.6 Å². The van der Waals surface area contributed by atoms with Crippen molar-refractivity contribution < 1.29 is 14.3 Å². The van der Waals surface area contributed by atoms with Gasteiger partial charge in [0.05, 0.1) is 6.61 Å². The Bertz CT molecular complexity index is 393. The van der Waals surface area contributed by atoms with Gasteiger partial charge in [-0.05, 0) is 38.2 Å². The fraction of sp³-hybridized carbons (Fsp3) is 0.733. The molecule has 1 saturated heterocycles. The highest BCUT2D eigenvalue weighted by Gasteiger charge is 2.26. The zero-order valence-electron chi connectivity index (χ0n) is 12.2. The highest BCUT2D eigenvalue weighted by atomic mass is 16.5. The quantitative estimate of drug-likeness (QED) is 0.804. The molecule has 2 amide bonds. The number of allylic oxidation sites excluding steroid dienone is 1. The zero-order valence-corrected chi connectivity index (χ0v) is 12.2. The fourth-order valence-electron chi connectivity index (χ4n) is 2.79. The van der Waals surface area contributed by atoms with Gasteiger partial charge in [-0.2, -0.15) is 0 Å². The summed E-state index contributed by atoms with van der Waals surface area (Å²) in [5.41, 5.74) is 0. The van der Waals surface area contributed by atoms with E-state index in [9.17, 15) is 9.59 Å². The average molecular weight is 280 g/mol. The maximum absolute atomic E-state index is 11.9. The van der Waals surface area contributed by atoms with Gasteiger partial charge in [0.2, 0.25) is 5.91 Å². The summed E-state index contributed by atoms with van der Waals surface area (Å²) in [7, 11) is 0. The summed E-state index contributed by atoms with van der Waals surface area (Å²) < 4.78 is 5.32. The van der Waals surface area contributed by atoms with E-state index in [1.807, 2.05) is 11.0 Å². The maximum atomic E-state index is 11.9. The number of hydrogen-bond acceptors (Lipinski definition) is 3. The van der Waals surface area contributed by atoms with Gasteiger partial charge in [0.1, 0.15) is 0 Å². The predicted octanol–water partition coefficient (Wildman–Crippen LogP) is 1.59. The van der Waals surface area contributed by atoms with Crippen LogP contribution in [0.4, 0.5) is 0 Å². The van der Waals surface area contributed by atoms with Gasteiger partial charge >= 0.3 is 0 Å². The number of rotatable bonds is 6. The second-order valence-electron chi connectivity index (χ2n) is 5.36. The lowest BCUT2D eigenvalue weighted by atomic mass is 10.1. The van der Waals surface area contributed by atoms with Crippen molar-refractivity contribution in [1.29, 1.82) is 0 Å². The highest BCUT2D eigenvalue weighted by molar-refractivity contribution is 5.91. The minimum Gasteiger partial charge on any atom is -0.488 e. The van der Waals surface area contributed by atoms with Crippen LogP contribution in [0.25, 0.3) is 0 Å². The van der Waals surface area contributed by atoms with Crippen LogP contribution in [0.15, 0.2) is 11.8 Å². The molecule has 0 unspecified atom stereocenters. The third kappa shape index (κ3) is 3.74. The molecule has 0 aliphatic carbocycles. The number of amides is 2. The summed E-state index contributed by atoms with van der Waals surface area (Å²) in [5.74, 6) is 0.565. The molecule has 2 aliphatic heterocycles. The molecule has 0 bridgehead atoms. The van der Waals surface area contributed by atoms with Crippen molar-refractivity contribution >= 4 is 11.8 Å². The highest BCUT2D eigenvalue weighted by Crippen LogP contribution is 2.17. The first-order valence-electron chi connectivity index (χ1n) is 7.63. The number of nitrogens with zero attached hydrogens (tertiary/aromatic N) is 1. The Labute approximate surface area is 120 Å². The van der Waals surface area contributed by atoms with Crippen LogP contribution in [0, 0.1) is 0 Å². The van der Waals surface area contributed by atoms with Crippen molar-refractivity contribution in [3.05, 3.63) is 11.8 Å². The number of hydrogen-bond donors (Lipinski definition) is 1. The molecule has 0 spiro atoms. The summed E-state index contributed by atoms with van der Waals surface area (Å²) in [6, 6.07) is 0.242. The molecule has 112 valence electrons. The van der Waals surface area contributed by atoms with E-state index in [2.05, 4.69) is 12.2 Å². The van der Waals surface area contributed by atoms with Crippen molar-refractivity contribution in [1.82, 2.24) is 10.2 Å². The molecule has 5 heteroatoms. The maximum Gasteiger partial charge on any atom is 0.286 e. The third-order valence-corrected chi connectivity index (χ3v) is 3.94. The van der Waals surface area contributed by atoms with Crippen LogP contribution in [-0.4, -0.2) is 42.5 Å². The molecule has 0 radical (unpaired) electrons. The molecule has 2 rings (SSSR count). The summed E-state index contributed by atoms with van der Waals surface area (Å²) in [6.07, 6.45) is 7.10. The lowest BCUT2D eigenvalue weighted by Crippen LogP contribution is -2.39. The Morgan fingerprint density at radius 3 is 2.95 bits per heavy atom. The molecule has 0 aromatic heterocycles. The van der Waals surface area contributed by atoms with Gasteiger partial charge in [-0.3, -0.25) is 9.59 Å². The lowest BCUT2D eigenvalue weighted by molar-refractivity contribution is -0.129. The largest absolute Gasteiger partial charge is 0.488 e. The van der Waals surface area contributed by atoms with Crippen LogP contribution in [0.2, 0.25) is 0 Å². The second-order valence-corrected chi connectivity index (χ2v) is 5.36. The summed E-state index contributed by atoms with van der Waals surface area (Å²) in [5, 5.41) is 2.89. The smallest absolute Gasteiger partial charge is 0.286 e. The molecular formula is C15H24N2O3. The van der Waals surface area contributed by atoms with E-state index < -0.39 is 0 Å². The van der Waals surface area contributed by atoms with Gasteiger partial charge in [-0.15, -0.1) is 0 Å². The van der Waals surface area contributed by atoms with Crippen molar-refractivity contribution in [3.63, 3.8) is 0 Å². The molecule has 0 aromatic rings. The van der Waals surface area contributed by atoms with E-state index in [1.165, 1.54) is 0 Å². The summed E-state index contributed by atoms with van der Waals surface area (Å²) in [6.45, 7) is 4.16. The number of likely N-dealkylation sites (tertiary alicyclic amines) is 1. The van der Waals surface area contributed by atoms with E-state index in [-0.39, 0.29) is 17.9 Å². The van der Waals surface area contributed by atoms with Gasteiger partial charge in [0.25, 0.3) is 5.91 Å². The van der Waals surface area contributed by atoms with Crippen molar-refractivity contribution in [3.8, 4) is 0 Å². The Kier molecular flexibility index (Phi) is 5.44. The number of carbonyl (C=O) groups excluding carboxylic acids is 2. The first kappa shape index (κ1) is 14.9. The normalized spacial score (nSPS) is 20.4. The van der Waals surface area contributed by atoms with Crippen molar-refractivity contribution in [2.45, 2.75) is 51.5 Å². The monoisotopic (exact) mass is 280 g/mol. The Morgan fingerprint density at radius 1 is 1.50 bits per heavy atom. The summed E-state index contributed by atoms with van der Waals surface area (Å²) in [4.78, 5) is 25.6. The van der Waals surface area contributed by atoms with E-state index in [0.29, 0.717) is 25.3 Å². The first-order valence-corrected chi connectivity index (χ1v) is 7.63. The molecule has 5 nitrogen and oxygen atoms in total. The molecule has 2 heterocycles. The number of carbonyl (C=O) groups is 2. The molecule has 1 fully saturated rings. The minimum absolute atomic E-state index is 0.132. The van der Waals surface area contributed by atoms with E-state index >= 15 is 0 Å². The van der Waals surface area contributed by atoms with Crippen LogP contribution >= 0.6 is 0 Å². The second kappa shape index (κ2) is 7.31. The van der Waals surface area contributed by atoms with E-state index in [0.717, 1.165) is 38.6 Å². The zero-order chi connectivity index (χ0) is 14.4. The molecule has 0 saturated carbocycles. The number of ether oxygens (including phenoxy) is 1. The van der Waals surface area contributed by atoms with E-state index in [1.54, 1.807) is 0 Å². The molecule has 2 aliphatic rings. The first-order chi connectivity index (χ1) is 9.72.